The number of nitrogens with one attached hydrogen (secondary N) is 1. The Hall–Kier alpha value is -1.61. The van der Waals surface area contributed by atoms with Crippen LogP contribution in [0.25, 0.3) is 0 Å². The molecule has 1 aromatic carbocycles. The number of ether oxygens (including phenoxy) is 1. The Bertz CT molecular complexity index is 566. The molecule has 1 N–H and O–H groups in total. The van der Waals surface area contributed by atoms with Crippen molar-refractivity contribution in [1.82, 2.24) is 4.57 Å². The molecular formula is C17H23ClN2O. The molecule has 0 saturated heterocycles. The van der Waals surface area contributed by atoms with E-state index in [0.29, 0.717) is 11.6 Å². The second kappa shape index (κ2) is 7.99. The van der Waals surface area contributed by atoms with Gasteiger partial charge in [0, 0.05) is 31.2 Å². The Labute approximate surface area is 131 Å². The molecule has 1 aromatic heterocycles. The van der Waals surface area contributed by atoms with Crippen molar-refractivity contribution in [2.24, 2.45) is 0 Å². The van der Waals surface area contributed by atoms with Gasteiger partial charge in [0.1, 0.15) is 5.75 Å². The van der Waals surface area contributed by atoms with Gasteiger partial charge in [0.25, 0.3) is 0 Å². The van der Waals surface area contributed by atoms with Crippen LogP contribution < -0.4 is 10.1 Å². The van der Waals surface area contributed by atoms with Crippen molar-refractivity contribution in [3.05, 3.63) is 47.2 Å². The molecule has 1 heterocycles. The van der Waals surface area contributed by atoms with E-state index in [9.17, 15) is 0 Å². The van der Waals surface area contributed by atoms with Gasteiger partial charge in [-0.3, -0.25) is 0 Å². The maximum atomic E-state index is 6.22. The minimum Gasteiger partial charge on any atom is -0.492 e. The number of nitrogens with zero attached hydrogens (tertiary/aromatic N) is 1. The number of halogens is 1. The summed E-state index contributed by atoms with van der Waals surface area (Å²) in [5.41, 5.74) is 2.28. The van der Waals surface area contributed by atoms with Crippen LogP contribution in [-0.2, 0) is 13.1 Å². The number of benzene rings is 1. The van der Waals surface area contributed by atoms with Crippen molar-refractivity contribution in [2.75, 3.05) is 11.9 Å². The lowest BCUT2D eigenvalue weighted by molar-refractivity contribution is 0.317. The third-order valence-corrected chi connectivity index (χ3v) is 3.48. The number of hydrogen-bond donors (Lipinski definition) is 1. The average molecular weight is 307 g/mol. The van der Waals surface area contributed by atoms with Crippen molar-refractivity contribution in [1.29, 1.82) is 0 Å². The summed E-state index contributed by atoms with van der Waals surface area (Å²) in [6, 6.07) is 7.97. The summed E-state index contributed by atoms with van der Waals surface area (Å²) < 4.78 is 7.78. The Morgan fingerprint density at radius 2 is 2.05 bits per heavy atom. The van der Waals surface area contributed by atoms with Gasteiger partial charge in [0.05, 0.1) is 11.6 Å². The first-order valence-electron chi connectivity index (χ1n) is 7.53. The van der Waals surface area contributed by atoms with Crippen molar-refractivity contribution in [2.45, 2.75) is 39.8 Å². The third-order valence-electron chi connectivity index (χ3n) is 3.18. The van der Waals surface area contributed by atoms with Gasteiger partial charge in [-0.15, -0.1) is 0 Å². The topological polar surface area (TPSA) is 26.2 Å². The standard InChI is InChI=1S/C17H23ClN2O/c1-3-8-20-9-7-14(13-20)12-19-15-5-6-17(16(18)11-15)21-10-4-2/h5-7,9,11,13,19H,3-4,8,10,12H2,1-2H3. The van der Waals surface area contributed by atoms with Crippen LogP contribution >= 0.6 is 11.6 Å². The molecule has 0 aliphatic heterocycles. The quantitative estimate of drug-likeness (QED) is 0.746. The van der Waals surface area contributed by atoms with Crippen LogP contribution in [0.4, 0.5) is 5.69 Å². The first kappa shape index (κ1) is 15.8. The summed E-state index contributed by atoms with van der Waals surface area (Å²) in [5, 5.41) is 4.04. The van der Waals surface area contributed by atoms with Gasteiger partial charge in [-0.2, -0.15) is 0 Å². The van der Waals surface area contributed by atoms with Crippen molar-refractivity contribution < 1.29 is 4.74 Å². The third kappa shape index (κ3) is 4.71. The molecule has 0 spiro atoms. The molecule has 0 atom stereocenters. The summed E-state index contributed by atoms with van der Waals surface area (Å²) in [6.07, 6.45) is 6.42. The van der Waals surface area contributed by atoms with Crippen molar-refractivity contribution in [3.63, 3.8) is 0 Å². The molecular weight excluding hydrogens is 284 g/mol. The van der Waals surface area contributed by atoms with Gasteiger partial charge >= 0.3 is 0 Å². The number of hydrogen-bond acceptors (Lipinski definition) is 2. The number of anilines is 1. The molecule has 0 radical (unpaired) electrons. The zero-order valence-electron chi connectivity index (χ0n) is 12.7. The van der Waals surface area contributed by atoms with E-state index in [1.807, 2.05) is 18.2 Å². The lowest BCUT2D eigenvalue weighted by atomic mass is 10.2. The van der Waals surface area contributed by atoms with E-state index in [2.05, 4.69) is 42.2 Å². The Morgan fingerprint density at radius 3 is 2.76 bits per heavy atom. The Balaban J connectivity index is 1.91. The molecule has 4 heteroatoms. The molecule has 0 bridgehead atoms. The number of rotatable bonds is 8. The van der Waals surface area contributed by atoms with Gasteiger partial charge in [-0.1, -0.05) is 25.4 Å². The second-order valence-corrected chi connectivity index (χ2v) is 5.51. The monoisotopic (exact) mass is 306 g/mol. The molecule has 0 aliphatic rings. The summed E-state index contributed by atoms with van der Waals surface area (Å²) in [7, 11) is 0. The number of aryl methyl sites for hydroxylation is 1. The van der Waals surface area contributed by atoms with E-state index >= 15 is 0 Å². The molecule has 0 amide bonds. The maximum absolute atomic E-state index is 6.22. The highest BCUT2D eigenvalue weighted by atomic mass is 35.5. The van der Waals surface area contributed by atoms with Crippen LogP contribution in [-0.4, -0.2) is 11.2 Å². The maximum Gasteiger partial charge on any atom is 0.138 e. The zero-order valence-corrected chi connectivity index (χ0v) is 13.5. The van der Waals surface area contributed by atoms with Gasteiger partial charge in [-0.05, 0) is 42.7 Å². The van der Waals surface area contributed by atoms with E-state index in [1.54, 1.807) is 0 Å². The highest BCUT2D eigenvalue weighted by molar-refractivity contribution is 6.32. The smallest absolute Gasteiger partial charge is 0.138 e. The molecule has 0 unspecified atom stereocenters. The normalized spacial score (nSPS) is 10.6. The average Bonchev–Trinajstić information content (AvgIpc) is 2.92. The molecule has 0 fully saturated rings. The summed E-state index contributed by atoms with van der Waals surface area (Å²) in [5.74, 6) is 0.748. The van der Waals surface area contributed by atoms with Gasteiger partial charge in [0.2, 0.25) is 0 Å². The minimum absolute atomic E-state index is 0.650. The minimum atomic E-state index is 0.650. The second-order valence-electron chi connectivity index (χ2n) is 5.10. The van der Waals surface area contributed by atoms with Crippen LogP contribution in [0, 0.1) is 0 Å². The van der Waals surface area contributed by atoms with Crippen LogP contribution in [0.15, 0.2) is 36.7 Å². The van der Waals surface area contributed by atoms with Gasteiger partial charge < -0.3 is 14.6 Å². The van der Waals surface area contributed by atoms with Gasteiger partial charge in [-0.25, -0.2) is 0 Å². The molecule has 0 aliphatic carbocycles. The molecule has 3 nitrogen and oxygen atoms in total. The fraction of sp³-hybridized carbons (Fsp3) is 0.412. The van der Waals surface area contributed by atoms with E-state index in [4.69, 9.17) is 16.3 Å². The highest BCUT2D eigenvalue weighted by Gasteiger charge is 2.03. The molecule has 0 saturated carbocycles. The van der Waals surface area contributed by atoms with E-state index < -0.39 is 0 Å². The highest BCUT2D eigenvalue weighted by Crippen LogP contribution is 2.28. The Morgan fingerprint density at radius 1 is 1.19 bits per heavy atom. The largest absolute Gasteiger partial charge is 0.492 e. The Kier molecular flexibility index (Phi) is 6.00. The predicted octanol–water partition coefficient (Wildman–Crippen LogP) is 4.95. The van der Waals surface area contributed by atoms with Crippen molar-refractivity contribution in [3.8, 4) is 5.75 Å². The molecule has 21 heavy (non-hydrogen) atoms. The number of aromatic nitrogens is 1. The van der Waals surface area contributed by atoms with Crippen LogP contribution in [0.5, 0.6) is 5.75 Å². The fourth-order valence-corrected chi connectivity index (χ4v) is 2.37. The van der Waals surface area contributed by atoms with Crippen LogP contribution in [0.3, 0.4) is 0 Å². The predicted molar refractivity (Wildman–Crippen MR) is 89.3 cm³/mol. The van der Waals surface area contributed by atoms with Gasteiger partial charge in [0.15, 0.2) is 0 Å². The molecule has 2 aromatic rings. The first-order chi connectivity index (χ1) is 10.2. The van der Waals surface area contributed by atoms with E-state index in [0.717, 1.165) is 37.4 Å². The SMILES string of the molecule is CCCOc1ccc(NCc2ccn(CCC)c2)cc1Cl. The summed E-state index contributed by atoms with van der Waals surface area (Å²) in [6.45, 7) is 6.81. The van der Waals surface area contributed by atoms with Crippen LogP contribution in [0.1, 0.15) is 32.3 Å². The molecule has 2 rings (SSSR count). The van der Waals surface area contributed by atoms with E-state index in [-0.39, 0.29) is 0 Å². The van der Waals surface area contributed by atoms with Crippen molar-refractivity contribution >= 4 is 17.3 Å². The zero-order chi connectivity index (χ0) is 15.1. The van der Waals surface area contributed by atoms with Crippen LogP contribution in [0.2, 0.25) is 5.02 Å². The molecule has 114 valence electrons. The summed E-state index contributed by atoms with van der Waals surface area (Å²) in [4.78, 5) is 0. The summed E-state index contributed by atoms with van der Waals surface area (Å²) >= 11 is 6.22. The lowest BCUT2D eigenvalue weighted by Crippen LogP contribution is -2.00. The van der Waals surface area contributed by atoms with E-state index in [1.165, 1.54) is 5.56 Å². The first-order valence-corrected chi connectivity index (χ1v) is 7.91. The lowest BCUT2D eigenvalue weighted by Gasteiger charge is -2.10. The fourth-order valence-electron chi connectivity index (χ4n) is 2.14.